The first kappa shape index (κ1) is 14.1. The summed E-state index contributed by atoms with van der Waals surface area (Å²) in [5.41, 5.74) is 2.22. The van der Waals surface area contributed by atoms with Crippen molar-refractivity contribution >= 4 is 5.69 Å². The molecule has 4 nitrogen and oxygen atoms in total. The van der Waals surface area contributed by atoms with E-state index in [0.29, 0.717) is 0 Å². The van der Waals surface area contributed by atoms with E-state index in [4.69, 9.17) is 0 Å². The lowest BCUT2D eigenvalue weighted by molar-refractivity contribution is 0.345. The molecule has 2 N–H and O–H groups in total. The highest BCUT2D eigenvalue weighted by atomic mass is 15.2. The lowest BCUT2D eigenvalue weighted by Crippen LogP contribution is -2.12. The van der Waals surface area contributed by atoms with Gasteiger partial charge in [-0.05, 0) is 31.4 Å². The fraction of sp³-hybridized carbons (Fsp3) is 0.529. The molecular formula is C17H24N4. The highest BCUT2D eigenvalue weighted by molar-refractivity contribution is 5.62. The minimum absolute atomic E-state index is 0.767. The van der Waals surface area contributed by atoms with Gasteiger partial charge >= 0.3 is 0 Å². The molecule has 1 fully saturated rings. The van der Waals surface area contributed by atoms with Gasteiger partial charge in [0.25, 0.3) is 0 Å². The minimum atomic E-state index is 0.767. The van der Waals surface area contributed by atoms with E-state index < -0.39 is 0 Å². The van der Waals surface area contributed by atoms with Crippen molar-refractivity contribution in [2.45, 2.75) is 45.4 Å². The number of hydrogen-bond acceptors (Lipinski definition) is 3. The summed E-state index contributed by atoms with van der Waals surface area (Å²) >= 11 is 0. The van der Waals surface area contributed by atoms with Gasteiger partial charge in [-0.3, -0.25) is 5.10 Å². The van der Waals surface area contributed by atoms with E-state index in [1.165, 1.54) is 38.5 Å². The Labute approximate surface area is 126 Å². The Balaban J connectivity index is 1.56. The van der Waals surface area contributed by atoms with Gasteiger partial charge in [0.05, 0.1) is 0 Å². The van der Waals surface area contributed by atoms with Crippen LogP contribution in [0.3, 0.4) is 0 Å². The predicted octanol–water partition coefficient (Wildman–Crippen LogP) is 4.16. The van der Waals surface area contributed by atoms with Crippen molar-refractivity contribution in [1.82, 2.24) is 15.2 Å². The molecule has 1 aromatic carbocycles. The quantitative estimate of drug-likeness (QED) is 0.866. The molecule has 0 radical (unpaired) electrons. The van der Waals surface area contributed by atoms with Gasteiger partial charge in [-0.15, -0.1) is 0 Å². The first-order valence-corrected chi connectivity index (χ1v) is 8.04. The maximum Gasteiger partial charge on any atom is 0.181 e. The molecule has 0 unspecified atom stereocenters. The van der Waals surface area contributed by atoms with Gasteiger partial charge in [0, 0.05) is 17.8 Å². The first-order valence-electron chi connectivity index (χ1n) is 8.04. The van der Waals surface area contributed by atoms with E-state index in [1.807, 2.05) is 6.92 Å². The molecule has 0 bridgehead atoms. The topological polar surface area (TPSA) is 53.6 Å². The number of aromatic amines is 1. The van der Waals surface area contributed by atoms with E-state index in [0.717, 1.165) is 35.4 Å². The lowest BCUT2D eigenvalue weighted by atomic mass is 9.87. The Morgan fingerprint density at radius 3 is 2.86 bits per heavy atom. The Morgan fingerprint density at radius 2 is 2.10 bits per heavy atom. The summed E-state index contributed by atoms with van der Waals surface area (Å²) in [5, 5.41) is 10.7. The summed E-state index contributed by atoms with van der Waals surface area (Å²) < 4.78 is 0. The van der Waals surface area contributed by atoms with Gasteiger partial charge in [0.1, 0.15) is 5.82 Å². The predicted molar refractivity (Wildman–Crippen MR) is 86.2 cm³/mol. The lowest BCUT2D eigenvalue weighted by Gasteiger charge is -2.21. The number of benzene rings is 1. The van der Waals surface area contributed by atoms with Gasteiger partial charge in [0.15, 0.2) is 5.82 Å². The molecule has 2 aromatic rings. The van der Waals surface area contributed by atoms with Crippen molar-refractivity contribution in [3.05, 3.63) is 30.1 Å². The molecule has 1 saturated carbocycles. The highest BCUT2D eigenvalue weighted by Crippen LogP contribution is 2.26. The zero-order valence-corrected chi connectivity index (χ0v) is 12.7. The Kier molecular flexibility index (Phi) is 4.53. The molecule has 1 aliphatic rings. The molecule has 1 aliphatic carbocycles. The van der Waals surface area contributed by atoms with Crippen molar-refractivity contribution in [1.29, 1.82) is 0 Å². The zero-order chi connectivity index (χ0) is 14.5. The third-order valence-corrected chi connectivity index (χ3v) is 4.32. The molecule has 0 atom stereocenters. The number of nitrogens with one attached hydrogen (secondary N) is 2. The average Bonchev–Trinajstić information content (AvgIpc) is 2.95. The molecule has 0 saturated heterocycles. The van der Waals surface area contributed by atoms with E-state index in [2.05, 4.69) is 44.8 Å². The minimum Gasteiger partial charge on any atom is -0.385 e. The average molecular weight is 284 g/mol. The van der Waals surface area contributed by atoms with Crippen LogP contribution in [0, 0.1) is 12.8 Å². The van der Waals surface area contributed by atoms with Gasteiger partial charge in [-0.25, -0.2) is 4.98 Å². The van der Waals surface area contributed by atoms with E-state index >= 15 is 0 Å². The smallest absolute Gasteiger partial charge is 0.181 e. The van der Waals surface area contributed by atoms with Crippen molar-refractivity contribution in [2.75, 3.05) is 11.9 Å². The summed E-state index contributed by atoms with van der Waals surface area (Å²) in [6, 6.07) is 8.35. The van der Waals surface area contributed by atoms with Crippen LogP contribution in [0.2, 0.25) is 0 Å². The summed E-state index contributed by atoms with van der Waals surface area (Å²) in [4.78, 5) is 4.38. The Hall–Kier alpha value is -1.84. The van der Waals surface area contributed by atoms with Crippen LogP contribution in [0.25, 0.3) is 11.4 Å². The second kappa shape index (κ2) is 6.74. The van der Waals surface area contributed by atoms with Crippen LogP contribution in [0.4, 0.5) is 5.69 Å². The molecule has 0 amide bonds. The Morgan fingerprint density at radius 1 is 1.24 bits per heavy atom. The molecule has 0 aliphatic heterocycles. The van der Waals surface area contributed by atoms with Crippen LogP contribution < -0.4 is 5.32 Å². The van der Waals surface area contributed by atoms with Crippen LogP contribution in [-0.2, 0) is 0 Å². The standard InChI is InChI=1S/C17H24N4/c1-13-19-17(21-20-13)15-8-5-9-16(12-15)18-11-10-14-6-3-2-4-7-14/h5,8-9,12,14,18H,2-4,6-7,10-11H2,1H3,(H,19,20,21). The SMILES string of the molecule is Cc1nc(-c2cccc(NCCC3CCCCC3)c2)n[nH]1. The van der Waals surface area contributed by atoms with Crippen LogP contribution in [0.1, 0.15) is 44.3 Å². The van der Waals surface area contributed by atoms with Crippen molar-refractivity contribution < 1.29 is 0 Å². The highest BCUT2D eigenvalue weighted by Gasteiger charge is 2.12. The Bertz CT molecular complexity index is 570. The summed E-state index contributed by atoms with van der Waals surface area (Å²) in [6.45, 7) is 2.98. The van der Waals surface area contributed by atoms with E-state index in [9.17, 15) is 0 Å². The van der Waals surface area contributed by atoms with E-state index in [1.54, 1.807) is 0 Å². The number of H-pyrrole nitrogens is 1. The van der Waals surface area contributed by atoms with Crippen LogP contribution in [0.15, 0.2) is 24.3 Å². The molecule has 1 heterocycles. The number of rotatable bonds is 5. The zero-order valence-electron chi connectivity index (χ0n) is 12.7. The third kappa shape index (κ3) is 3.84. The molecule has 1 aromatic heterocycles. The fourth-order valence-corrected chi connectivity index (χ4v) is 3.14. The van der Waals surface area contributed by atoms with Crippen LogP contribution in [-0.4, -0.2) is 21.7 Å². The summed E-state index contributed by atoms with van der Waals surface area (Å²) in [5.74, 6) is 2.54. The first-order chi connectivity index (χ1) is 10.3. The third-order valence-electron chi connectivity index (χ3n) is 4.32. The summed E-state index contributed by atoms with van der Waals surface area (Å²) in [6.07, 6.45) is 8.39. The maximum atomic E-state index is 4.38. The molecule has 4 heteroatoms. The van der Waals surface area contributed by atoms with Crippen LogP contribution in [0.5, 0.6) is 0 Å². The second-order valence-electron chi connectivity index (χ2n) is 6.04. The van der Waals surface area contributed by atoms with E-state index in [-0.39, 0.29) is 0 Å². The van der Waals surface area contributed by atoms with Crippen LogP contribution >= 0.6 is 0 Å². The van der Waals surface area contributed by atoms with Crippen molar-refractivity contribution in [3.8, 4) is 11.4 Å². The number of hydrogen-bond donors (Lipinski definition) is 2. The van der Waals surface area contributed by atoms with Gasteiger partial charge < -0.3 is 5.32 Å². The van der Waals surface area contributed by atoms with Gasteiger partial charge in [0.2, 0.25) is 0 Å². The molecule has 112 valence electrons. The fourth-order valence-electron chi connectivity index (χ4n) is 3.14. The number of aryl methyl sites for hydroxylation is 1. The monoisotopic (exact) mass is 284 g/mol. The maximum absolute atomic E-state index is 4.38. The van der Waals surface area contributed by atoms with Gasteiger partial charge in [-0.2, -0.15) is 5.10 Å². The molecular weight excluding hydrogens is 260 g/mol. The van der Waals surface area contributed by atoms with Crippen molar-refractivity contribution in [3.63, 3.8) is 0 Å². The molecule has 21 heavy (non-hydrogen) atoms. The number of anilines is 1. The molecule has 3 rings (SSSR count). The largest absolute Gasteiger partial charge is 0.385 e. The molecule has 0 spiro atoms. The van der Waals surface area contributed by atoms with Gasteiger partial charge in [-0.1, -0.05) is 44.2 Å². The number of nitrogens with zero attached hydrogens (tertiary/aromatic N) is 2. The normalized spacial score (nSPS) is 16.0. The van der Waals surface area contributed by atoms with Crippen molar-refractivity contribution in [2.24, 2.45) is 5.92 Å². The number of aromatic nitrogens is 3. The summed E-state index contributed by atoms with van der Waals surface area (Å²) in [7, 11) is 0. The second-order valence-corrected chi connectivity index (χ2v) is 6.04.